The van der Waals surface area contributed by atoms with Gasteiger partial charge in [0.25, 0.3) is 0 Å². The molecule has 1 aromatic heterocycles. The van der Waals surface area contributed by atoms with Crippen molar-refractivity contribution in [3.63, 3.8) is 0 Å². The lowest BCUT2D eigenvalue weighted by Gasteiger charge is -2.15. The predicted molar refractivity (Wildman–Crippen MR) is 71.3 cm³/mol. The summed E-state index contributed by atoms with van der Waals surface area (Å²) in [7, 11) is 0. The van der Waals surface area contributed by atoms with Crippen molar-refractivity contribution in [1.82, 2.24) is 10.2 Å². The van der Waals surface area contributed by atoms with Gasteiger partial charge in [-0.3, -0.25) is 9.89 Å². The second kappa shape index (κ2) is 6.02. The molecule has 0 saturated carbocycles. The summed E-state index contributed by atoms with van der Waals surface area (Å²) in [5.74, 6) is 0.301. The largest absolute Gasteiger partial charge is 0.320 e. The van der Waals surface area contributed by atoms with Crippen molar-refractivity contribution >= 4 is 24.1 Å². The molecule has 0 spiro atoms. The van der Waals surface area contributed by atoms with E-state index < -0.39 is 6.04 Å². The minimum atomic E-state index is -0.525. The molecular formula is C11H21ClN4O. The molecule has 0 aliphatic rings. The molecule has 6 heteroatoms. The number of halogens is 1. The van der Waals surface area contributed by atoms with Crippen LogP contribution in [-0.2, 0) is 11.2 Å². The number of rotatable bonds is 3. The van der Waals surface area contributed by atoms with Crippen LogP contribution in [0.3, 0.4) is 0 Å². The number of nitrogens with zero attached hydrogens (tertiary/aromatic N) is 1. The fourth-order valence-corrected chi connectivity index (χ4v) is 1.33. The molecule has 1 amide bonds. The van der Waals surface area contributed by atoms with Crippen molar-refractivity contribution in [3.05, 3.63) is 11.8 Å². The number of carbonyl (C=O) groups excluding carboxylic acids is 1. The van der Waals surface area contributed by atoms with E-state index in [4.69, 9.17) is 5.73 Å². The highest BCUT2D eigenvalue weighted by molar-refractivity contribution is 5.93. The number of anilines is 1. The molecule has 1 atom stereocenters. The van der Waals surface area contributed by atoms with Gasteiger partial charge < -0.3 is 11.1 Å². The van der Waals surface area contributed by atoms with E-state index >= 15 is 0 Å². The molecule has 4 N–H and O–H groups in total. The fraction of sp³-hybridized carbons (Fsp3) is 0.636. The monoisotopic (exact) mass is 260 g/mol. The Hall–Kier alpha value is -1.07. The Morgan fingerprint density at radius 2 is 2.18 bits per heavy atom. The van der Waals surface area contributed by atoms with Crippen molar-refractivity contribution in [2.45, 2.75) is 40.2 Å². The Kier molecular flexibility index (Phi) is 5.64. The van der Waals surface area contributed by atoms with Crippen LogP contribution in [-0.4, -0.2) is 22.1 Å². The van der Waals surface area contributed by atoms with E-state index in [1.54, 1.807) is 6.92 Å². The lowest BCUT2D eigenvalue weighted by molar-refractivity contribution is -0.117. The first-order valence-electron chi connectivity index (χ1n) is 5.39. The normalized spacial score (nSPS) is 12.8. The molecular weight excluding hydrogens is 240 g/mol. The zero-order valence-electron chi connectivity index (χ0n) is 10.7. The van der Waals surface area contributed by atoms with Gasteiger partial charge in [0.05, 0.1) is 6.04 Å². The van der Waals surface area contributed by atoms with E-state index in [1.807, 2.05) is 6.07 Å². The number of amides is 1. The van der Waals surface area contributed by atoms with Gasteiger partial charge in [-0.15, -0.1) is 12.4 Å². The fourth-order valence-electron chi connectivity index (χ4n) is 1.33. The quantitative estimate of drug-likeness (QED) is 0.774. The van der Waals surface area contributed by atoms with Gasteiger partial charge in [0.15, 0.2) is 5.82 Å². The molecule has 0 fully saturated rings. The third kappa shape index (κ3) is 5.70. The highest BCUT2D eigenvalue weighted by Gasteiger charge is 2.14. The Morgan fingerprint density at radius 1 is 1.59 bits per heavy atom. The number of H-pyrrole nitrogens is 1. The minimum Gasteiger partial charge on any atom is -0.320 e. The van der Waals surface area contributed by atoms with Crippen LogP contribution in [0.25, 0.3) is 0 Å². The summed E-state index contributed by atoms with van der Waals surface area (Å²) in [5.41, 5.74) is 6.64. The molecule has 0 aromatic carbocycles. The van der Waals surface area contributed by atoms with Crippen LogP contribution in [0.15, 0.2) is 6.07 Å². The number of aromatic amines is 1. The Bertz CT molecular complexity index is 368. The van der Waals surface area contributed by atoms with E-state index in [0.29, 0.717) is 5.82 Å². The molecule has 0 aliphatic carbocycles. The van der Waals surface area contributed by atoms with E-state index in [9.17, 15) is 4.79 Å². The number of hydrogen-bond acceptors (Lipinski definition) is 3. The molecule has 0 aliphatic heterocycles. The van der Waals surface area contributed by atoms with Crippen molar-refractivity contribution < 1.29 is 4.79 Å². The molecule has 1 aromatic rings. The average molecular weight is 261 g/mol. The maximum Gasteiger partial charge on any atom is 0.242 e. The van der Waals surface area contributed by atoms with Crippen molar-refractivity contribution in [2.75, 3.05) is 5.32 Å². The van der Waals surface area contributed by atoms with Crippen LogP contribution >= 0.6 is 12.4 Å². The first kappa shape index (κ1) is 15.9. The lowest BCUT2D eigenvalue weighted by Crippen LogP contribution is -2.32. The predicted octanol–water partition coefficient (Wildman–Crippen LogP) is 1.71. The van der Waals surface area contributed by atoms with Crippen LogP contribution in [0.1, 0.15) is 33.4 Å². The Morgan fingerprint density at radius 3 is 2.65 bits per heavy atom. The molecule has 0 radical (unpaired) electrons. The molecule has 0 bridgehead atoms. The standard InChI is InChI=1S/C11H20N4O.ClH/c1-7(12)10(16)13-9-5-8(14-15-9)6-11(2,3)4;/h5,7H,6,12H2,1-4H3,(H2,13,14,15,16);1H/t7-;/m0./s1. The lowest BCUT2D eigenvalue weighted by atomic mass is 9.91. The molecule has 1 rings (SSSR count). The number of carbonyl (C=O) groups is 1. The average Bonchev–Trinajstić information content (AvgIpc) is 2.49. The minimum absolute atomic E-state index is 0. The van der Waals surface area contributed by atoms with E-state index in [-0.39, 0.29) is 23.7 Å². The second-order valence-corrected chi connectivity index (χ2v) is 5.29. The van der Waals surface area contributed by atoms with E-state index in [2.05, 4.69) is 36.3 Å². The Balaban J connectivity index is 0.00000256. The Labute approximate surface area is 108 Å². The second-order valence-electron chi connectivity index (χ2n) is 5.29. The first-order chi connectivity index (χ1) is 7.28. The summed E-state index contributed by atoms with van der Waals surface area (Å²) in [6.07, 6.45) is 0.883. The number of nitrogens with two attached hydrogens (primary N) is 1. The summed E-state index contributed by atoms with van der Waals surface area (Å²) in [4.78, 5) is 11.3. The van der Waals surface area contributed by atoms with Crippen molar-refractivity contribution in [2.24, 2.45) is 11.1 Å². The summed E-state index contributed by atoms with van der Waals surface area (Å²) in [6, 6.07) is 1.31. The van der Waals surface area contributed by atoms with Gasteiger partial charge >= 0.3 is 0 Å². The van der Waals surface area contributed by atoms with Crippen LogP contribution < -0.4 is 11.1 Å². The summed E-state index contributed by atoms with van der Waals surface area (Å²) < 4.78 is 0. The number of aromatic nitrogens is 2. The molecule has 0 saturated heterocycles. The maximum atomic E-state index is 11.3. The van der Waals surface area contributed by atoms with Gasteiger partial charge in [0, 0.05) is 11.8 Å². The summed E-state index contributed by atoms with van der Waals surface area (Å²) in [6.45, 7) is 8.08. The summed E-state index contributed by atoms with van der Waals surface area (Å²) >= 11 is 0. The van der Waals surface area contributed by atoms with Crippen molar-refractivity contribution in [3.8, 4) is 0 Å². The molecule has 5 nitrogen and oxygen atoms in total. The van der Waals surface area contributed by atoms with Crippen LogP contribution in [0, 0.1) is 5.41 Å². The van der Waals surface area contributed by atoms with Gasteiger partial charge in [0.1, 0.15) is 0 Å². The van der Waals surface area contributed by atoms with Gasteiger partial charge in [-0.1, -0.05) is 20.8 Å². The zero-order valence-corrected chi connectivity index (χ0v) is 11.5. The molecule has 17 heavy (non-hydrogen) atoms. The highest BCUT2D eigenvalue weighted by Crippen LogP contribution is 2.20. The van der Waals surface area contributed by atoms with Gasteiger partial charge in [-0.05, 0) is 18.8 Å². The van der Waals surface area contributed by atoms with Crippen LogP contribution in [0.5, 0.6) is 0 Å². The first-order valence-corrected chi connectivity index (χ1v) is 5.39. The van der Waals surface area contributed by atoms with Crippen LogP contribution in [0.2, 0.25) is 0 Å². The van der Waals surface area contributed by atoms with Crippen molar-refractivity contribution in [1.29, 1.82) is 0 Å². The number of hydrogen-bond donors (Lipinski definition) is 3. The topological polar surface area (TPSA) is 83.8 Å². The molecule has 0 unspecified atom stereocenters. The van der Waals surface area contributed by atoms with Gasteiger partial charge in [-0.2, -0.15) is 5.10 Å². The third-order valence-electron chi connectivity index (χ3n) is 2.02. The third-order valence-corrected chi connectivity index (χ3v) is 2.02. The molecule has 1 heterocycles. The van der Waals surface area contributed by atoms with E-state index in [0.717, 1.165) is 12.1 Å². The smallest absolute Gasteiger partial charge is 0.242 e. The van der Waals surface area contributed by atoms with E-state index in [1.165, 1.54) is 0 Å². The summed E-state index contributed by atoms with van der Waals surface area (Å²) in [5, 5.41) is 9.55. The van der Waals surface area contributed by atoms with Crippen LogP contribution in [0.4, 0.5) is 5.82 Å². The van der Waals surface area contributed by atoms with Gasteiger partial charge in [-0.25, -0.2) is 0 Å². The maximum absolute atomic E-state index is 11.3. The zero-order chi connectivity index (χ0) is 12.3. The molecule has 98 valence electrons. The van der Waals surface area contributed by atoms with Gasteiger partial charge in [0.2, 0.25) is 5.91 Å². The highest BCUT2D eigenvalue weighted by atomic mass is 35.5. The SMILES string of the molecule is C[C@H](N)C(=O)Nc1cc(CC(C)(C)C)[nH]n1.Cl. The number of nitrogens with one attached hydrogen (secondary N) is 2.